The molecule has 27 heavy (non-hydrogen) atoms. The molecule has 8 heteroatoms. The van der Waals surface area contributed by atoms with E-state index in [-0.39, 0.29) is 24.7 Å². The highest BCUT2D eigenvalue weighted by Crippen LogP contribution is 2.24. The van der Waals surface area contributed by atoms with Crippen molar-refractivity contribution in [2.75, 3.05) is 14.1 Å². The third-order valence-electron chi connectivity index (χ3n) is 3.87. The lowest BCUT2D eigenvalue weighted by molar-refractivity contribution is -0.130. The number of nitrogens with one attached hydrogen (secondary N) is 1. The summed E-state index contributed by atoms with van der Waals surface area (Å²) in [5, 5.41) is 8.48. The maximum Gasteiger partial charge on any atom is 0.243 e. The van der Waals surface area contributed by atoms with Crippen LogP contribution in [0.5, 0.6) is 11.5 Å². The van der Waals surface area contributed by atoms with Crippen molar-refractivity contribution in [1.82, 2.24) is 10.4 Å². The van der Waals surface area contributed by atoms with Crippen molar-refractivity contribution >= 4 is 24.2 Å². The predicted octanol–water partition coefficient (Wildman–Crippen LogP) is 2.43. The van der Waals surface area contributed by atoms with Gasteiger partial charge in [-0.15, -0.1) is 12.4 Å². The van der Waals surface area contributed by atoms with Gasteiger partial charge >= 0.3 is 0 Å². The Balaban J connectivity index is 0.00000364. The van der Waals surface area contributed by atoms with Gasteiger partial charge in [-0.2, -0.15) is 0 Å². The van der Waals surface area contributed by atoms with E-state index in [0.29, 0.717) is 23.5 Å². The van der Waals surface area contributed by atoms with Gasteiger partial charge in [-0.05, 0) is 41.8 Å². The highest BCUT2D eigenvalue weighted by molar-refractivity contribution is 5.85. The lowest BCUT2D eigenvalue weighted by Gasteiger charge is -2.17. The molecule has 0 bridgehead atoms. The van der Waals surface area contributed by atoms with Crippen LogP contribution in [-0.4, -0.2) is 36.0 Å². The Hall–Kier alpha value is -2.61. The van der Waals surface area contributed by atoms with E-state index in [4.69, 9.17) is 15.7 Å². The van der Waals surface area contributed by atoms with Crippen LogP contribution in [0.3, 0.4) is 0 Å². The van der Waals surface area contributed by atoms with E-state index in [1.54, 1.807) is 56.0 Å². The van der Waals surface area contributed by atoms with E-state index >= 15 is 0 Å². The number of hydrogen-bond donors (Lipinski definition) is 3. The molecule has 0 aliphatic carbocycles. The maximum atomic E-state index is 11.9. The van der Waals surface area contributed by atoms with Crippen molar-refractivity contribution < 1.29 is 19.5 Å². The maximum absolute atomic E-state index is 11.9. The van der Waals surface area contributed by atoms with E-state index in [1.165, 1.54) is 4.90 Å². The Morgan fingerprint density at radius 2 is 1.59 bits per heavy atom. The molecule has 0 aliphatic heterocycles. The standard InChI is InChI=1S/C19H23N3O4.ClH/c1-22(2)19(24)18(20)14-6-10-16(11-7-14)26-15-8-3-13(4-9-15)5-12-17(23)21-25;/h3-4,6-11,18,25H,5,12,20H2,1-2H3,(H,21,23);1H. The number of hydroxylamine groups is 1. The largest absolute Gasteiger partial charge is 0.457 e. The second kappa shape index (κ2) is 10.5. The molecule has 0 fully saturated rings. The predicted molar refractivity (Wildman–Crippen MR) is 104 cm³/mol. The van der Waals surface area contributed by atoms with E-state index < -0.39 is 11.9 Å². The number of hydrogen-bond acceptors (Lipinski definition) is 5. The molecule has 1 unspecified atom stereocenters. The summed E-state index contributed by atoms with van der Waals surface area (Å²) in [6.45, 7) is 0. The second-order valence-electron chi connectivity index (χ2n) is 6.06. The monoisotopic (exact) mass is 393 g/mol. The molecule has 1 atom stereocenters. The van der Waals surface area contributed by atoms with Crippen molar-refractivity contribution in [3.63, 3.8) is 0 Å². The van der Waals surface area contributed by atoms with Crippen molar-refractivity contribution in [2.45, 2.75) is 18.9 Å². The average Bonchev–Trinajstić information content (AvgIpc) is 2.66. The molecule has 146 valence electrons. The Labute approximate surface area is 164 Å². The van der Waals surface area contributed by atoms with Crippen LogP contribution in [0.4, 0.5) is 0 Å². The third-order valence-corrected chi connectivity index (χ3v) is 3.87. The smallest absolute Gasteiger partial charge is 0.243 e. The van der Waals surface area contributed by atoms with Gasteiger partial charge in [-0.3, -0.25) is 14.8 Å². The molecule has 2 amide bonds. The molecule has 0 saturated heterocycles. The van der Waals surface area contributed by atoms with Crippen LogP contribution in [0.25, 0.3) is 0 Å². The number of rotatable bonds is 7. The number of halogens is 1. The summed E-state index contributed by atoms with van der Waals surface area (Å²) in [5.74, 6) is 0.702. The zero-order valence-corrected chi connectivity index (χ0v) is 16.0. The minimum absolute atomic E-state index is 0. The first-order valence-corrected chi connectivity index (χ1v) is 8.17. The number of nitrogens with zero attached hydrogens (tertiary/aromatic N) is 1. The van der Waals surface area contributed by atoms with Crippen molar-refractivity contribution in [1.29, 1.82) is 0 Å². The van der Waals surface area contributed by atoms with E-state index in [2.05, 4.69) is 0 Å². The summed E-state index contributed by atoms with van der Waals surface area (Å²) in [6, 6.07) is 13.7. The Morgan fingerprint density at radius 3 is 2.07 bits per heavy atom. The molecule has 0 radical (unpaired) electrons. The number of aryl methyl sites for hydroxylation is 1. The van der Waals surface area contributed by atoms with Crippen LogP contribution in [0.2, 0.25) is 0 Å². The lowest BCUT2D eigenvalue weighted by Crippen LogP contribution is -2.33. The average molecular weight is 394 g/mol. The molecule has 0 aromatic heterocycles. The molecule has 2 aromatic rings. The van der Waals surface area contributed by atoms with Crippen molar-refractivity contribution in [2.24, 2.45) is 5.73 Å². The zero-order chi connectivity index (χ0) is 19.1. The van der Waals surface area contributed by atoms with Crippen molar-refractivity contribution in [3.05, 3.63) is 59.7 Å². The SMILES string of the molecule is CN(C)C(=O)C(N)c1ccc(Oc2ccc(CCC(=O)NO)cc2)cc1.Cl. The first-order chi connectivity index (χ1) is 12.4. The van der Waals surface area contributed by atoms with Gasteiger partial charge in [0.05, 0.1) is 0 Å². The van der Waals surface area contributed by atoms with Crippen LogP contribution in [0.1, 0.15) is 23.6 Å². The van der Waals surface area contributed by atoms with Gasteiger partial charge in [-0.25, -0.2) is 5.48 Å². The minimum Gasteiger partial charge on any atom is -0.457 e. The van der Waals surface area contributed by atoms with Gasteiger partial charge in [0.2, 0.25) is 11.8 Å². The van der Waals surface area contributed by atoms with Crippen LogP contribution >= 0.6 is 12.4 Å². The number of amides is 2. The fourth-order valence-corrected chi connectivity index (χ4v) is 2.34. The molecular formula is C19H24ClN3O4. The van der Waals surface area contributed by atoms with Crippen molar-refractivity contribution in [3.8, 4) is 11.5 Å². The van der Waals surface area contributed by atoms with Crippen LogP contribution < -0.4 is 16.0 Å². The van der Waals surface area contributed by atoms with E-state index in [9.17, 15) is 9.59 Å². The van der Waals surface area contributed by atoms with Crippen LogP contribution in [0.15, 0.2) is 48.5 Å². The van der Waals surface area contributed by atoms with Gasteiger partial charge in [0.25, 0.3) is 0 Å². The zero-order valence-electron chi connectivity index (χ0n) is 15.2. The van der Waals surface area contributed by atoms with Crippen LogP contribution in [-0.2, 0) is 16.0 Å². The summed E-state index contributed by atoms with van der Waals surface area (Å²) >= 11 is 0. The van der Waals surface area contributed by atoms with Crippen LogP contribution in [0, 0.1) is 0 Å². The van der Waals surface area contributed by atoms with Gasteiger partial charge in [-0.1, -0.05) is 24.3 Å². The van der Waals surface area contributed by atoms with Gasteiger partial charge in [0.15, 0.2) is 0 Å². The molecule has 2 aromatic carbocycles. The summed E-state index contributed by atoms with van der Waals surface area (Å²) in [7, 11) is 3.33. The Bertz CT molecular complexity index is 749. The summed E-state index contributed by atoms with van der Waals surface area (Å²) in [5.41, 5.74) is 9.23. The molecule has 0 aliphatic rings. The normalized spacial score (nSPS) is 11.1. The summed E-state index contributed by atoms with van der Waals surface area (Å²) in [4.78, 5) is 24.4. The molecule has 0 spiro atoms. The lowest BCUT2D eigenvalue weighted by atomic mass is 10.1. The van der Waals surface area contributed by atoms with Gasteiger partial charge < -0.3 is 15.4 Å². The Morgan fingerprint density at radius 1 is 1.07 bits per heavy atom. The number of nitrogens with two attached hydrogens (primary N) is 1. The first kappa shape index (κ1) is 22.4. The Kier molecular flexibility index (Phi) is 8.74. The fraction of sp³-hybridized carbons (Fsp3) is 0.263. The fourth-order valence-electron chi connectivity index (χ4n) is 2.34. The number of likely N-dealkylation sites (N-methyl/N-ethyl adjacent to an activating group) is 1. The first-order valence-electron chi connectivity index (χ1n) is 8.17. The van der Waals surface area contributed by atoms with E-state index in [1.807, 2.05) is 12.1 Å². The quantitative estimate of drug-likeness (QED) is 0.495. The van der Waals surface area contributed by atoms with Gasteiger partial charge in [0.1, 0.15) is 17.5 Å². The molecule has 4 N–H and O–H groups in total. The summed E-state index contributed by atoms with van der Waals surface area (Å²) in [6.07, 6.45) is 0.739. The topological polar surface area (TPSA) is 105 Å². The highest BCUT2D eigenvalue weighted by Gasteiger charge is 2.17. The number of ether oxygens (including phenoxy) is 1. The summed E-state index contributed by atoms with van der Waals surface area (Å²) < 4.78 is 5.77. The molecule has 0 saturated carbocycles. The number of carbonyl (C=O) groups excluding carboxylic acids is 2. The minimum atomic E-state index is -0.700. The number of carbonyl (C=O) groups is 2. The van der Waals surface area contributed by atoms with Gasteiger partial charge in [0, 0.05) is 20.5 Å². The highest BCUT2D eigenvalue weighted by atomic mass is 35.5. The molecule has 7 nitrogen and oxygen atoms in total. The molecule has 0 heterocycles. The second-order valence-corrected chi connectivity index (χ2v) is 6.06. The van der Waals surface area contributed by atoms with E-state index in [0.717, 1.165) is 5.56 Å². The number of benzene rings is 2. The molecular weight excluding hydrogens is 370 g/mol. The third kappa shape index (κ3) is 6.56. The molecule has 2 rings (SSSR count).